The van der Waals surface area contributed by atoms with E-state index in [0.29, 0.717) is 12.0 Å². The predicted octanol–water partition coefficient (Wildman–Crippen LogP) is 3.19. The summed E-state index contributed by atoms with van der Waals surface area (Å²) in [6.07, 6.45) is 0.665. The summed E-state index contributed by atoms with van der Waals surface area (Å²) in [5.41, 5.74) is 3.61. The van der Waals surface area contributed by atoms with Gasteiger partial charge in [-0.05, 0) is 38.5 Å². The molecule has 20 heavy (non-hydrogen) atoms. The number of ketones is 1. The van der Waals surface area contributed by atoms with Gasteiger partial charge in [0.1, 0.15) is 0 Å². The zero-order chi connectivity index (χ0) is 14.7. The Morgan fingerprint density at radius 2 is 1.95 bits per heavy atom. The number of aromatic nitrogens is 1. The Morgan fingerprint density at radius 1 is 1.25 bits per heavy atom. The first-order valence-electron chi connectivity index (χ1n) is 6.62. The van der Waals surface area contributed by atoms with Crippen LogP contribution >= 0.6 is 0 Å². The van der Waals surface area contributed by atoms with E-state index < -0.39 is 0 Å². The van der Waals surface area contributed by atoms with E-state index in [1.165, 1.54) is 6.92 Å². The lowest BCUT2D eigenvalue weighted by Gasteiger charge is -2.13. The third-order valence-corrected chi connectivity index (χ3v) is 3.27. The van der Waals surface area contributed by atoms with Gasteiger partial charge in [-0.2, -0.15) is 0 Å². The lowest BCUT2D eigenvalue weighted by atomic mass is 10.1. The van der Waals surface area contributed by atoms with E-state index in [9.17, 15) is 9.59 Å². The highest BCUT2D eigenvalue weighted by Crippen LogP contribution is 2.23. The number of hydrogen-bond donors (Lipinski definition) is 2. The number of aryl methyl sites for hydroxylation is 2. The first-order valence-corrected chi connectivity index (χ1v) is 6.62. The average molecular weight is 270 g/mol. The highest BCUT2D eigenvalue weighted by Gasteiger charge is 2.09. The number of anilines is 2. The van der Waals surface area contributed by atoms with Gasteiger partial charge in [0.25, 0.3) is 5.56 Å². The molecule has 2 N–H and O–H groups in total. The van der Waals surface area contributed by atoms with Gasteiger partial charge in [0.2, 0.25) is 0 Å². The van der Waals surface area contributed by atoms with Crippen LogP contribution in [-0.4, -0.2) is 10.8 Å². The lowest BCUT2D eigenvalue weighted by Crippen LogP contribution is -2.14. The molecule has 0 bridgehead atoms. The lowest BCUT2D eigenvalue weighted by molar-refractivity contribution is 0.101. The number of nitrogens with one attached hydrogen (secondary N) is 2. The molecule has 0 atom stereocenters. The standard InChI is InChI=1S/C16H18N2O2/c1-4-12-9-15(10(2)17-16(12)20)18-14-8-6-5-7-13(14)11(3)19/h5-9,18H,4H2,1-3H3,(H,17,20). The van der Waals surface area contributed by atoms with E-state index in [0.717, 1.165) is 22.6 Å². The number of Topliss-reactive ketones (excluding diaryl/α,β-unsaturated/α-hetero) is 1. The van der Waals surface area contributed by atoms with Crippen LogP contribution in [0.1, 0.15) is 35.5 Å². The van der Waals surface area contributed by atoms with Crippen LogP contribution in [0.25, 0.3) is 0 Å². The maximum absolute atomic E-state index is 11.7. The van der Waals surface area contributed by atoms with Crippen molar-refractivity contribution in [2.45, 2.75) is 27.2 Å². The molecule has 4 heteroatoms. The van der Waals surface area contributed by atoms with Crippen molar-refractivity contribution in [2.24, 2.45) is 0 Å². The van der Waals surface area contributed by atoms with Gasteiger partial charge < -0.3 is 10.3 Å². The molecular weight excluding hydrogens is 252 g/mol. The molecule has 0 aliphatic carbocycles. The summed E-state index contributed by atoms with van der Waals surface area (Å²) in [5.74, 6) is 0.00546. The van der Waals surface area contributed by atoms with Gasteiger partial charge in [-0.25, -0.2) is 0 Å². The van der Waals surface area contributed by atoms with Crippen molar-refractivity contribution in [3.05, 3.63) is 57.5 Å². The summed E-state index contributed by atoms with van der Waals surface area (Å²) in [6.45, 7) is 5.31. The highest BCUT2D eigenvalue weighted by molar-refractivity contribution is 6.00. The molecule has 0 radical (unpaired) electrons. The van der Waals surface area contributed by atoms with E-state index in [1.807, 2.05) is 38.1 Å². The van der Waals surface area contributed by atoms with Crippen molar-refractivity contribution in [3.63, 3.8) is 0 Å². The van der Waals surface area contributed by atoms with Crippen LogP contribution in [0.4, 0.5) is 11.4 Å². The maximum Gasteiger partial charge on any atom is 0.251 e. The Labute approximate surface area is 117 Å². The van der Waals surface area contributed by atoms with Gasteiger partial charge in [0.05, 0.1) is 5.69 Å². The van der Waals surface area contributed by atoms with Gasteiger partial charge >= 0.3 is 0 Å². The van der Waals surface area contributed by atoms with Crippen molar-refractivity contribution >= 4 is 17.2 Å². The Morgan fingerprint density at radius 3 is 2.60 bits per heavy atom. The number of carbonyl (C=O) groups excluding carboxylic acids is 1. The number of H-pyrrole nitrogens is 1. The van der Waals surface area contributed by atoms with E-state index in [-0.39, 0.29) is 11.3 Å². The average Bonchev–Trinajstić information content (AvgIpc) is 2.42. The van der Waals surface area contributed by atoms with E-state index in [4.69, 9.17) is 0 Å². The summed E-state index contributed by atoms with van der Waals surface area (Å²) in [4.78, 5) is 26.2. The van der Waals surface area contributed by atoms with Crippen molar-refractivity contribution in [1.29, 1.82) is 0 Å². The third kappa shape index (κ3) is 2.79. The summed E-state index contributed by atoms with van der Waals surface area (Å²) in [5, 5.41) is 3.23. The number of pyridine rings is 1. The molecule has 0 aliphatic rings. The molecule has 4 nitrogen and oxygen atoms in total. The number of hydrogen-bond acceptors (Lipinski definition) is 3. The van der Waals surface area contributed by atoms with E-state index in [2.05, 4.69) is 10.3 Å². The molecule has 0 aliphatic heterocycles. The summed E-state index contributed by atoms with van der Waals surface area (Å²) in [6, 6.07) is 9.18. The SMILES string of the molecule is CCc1cc(Nc2ccccc2C(C)=O)c(C)[nH]c1=O. The predicted molar refractivity (Wildman–Crippen MR) is 80.9 cm³/mol. The van der Waals surface area contributed by atoms with E-state index in [1.54, 1.807) is 6.07 Å². The zero-order valence-corrected chi connectivity index (χ0v) is 11.9. The number of benzene rings is 1. The minimum absolute atomic E-state index is 0.00546. The minimum Gasteiger partial charge on any atom is -0.354 e. The molecule has 0 spiro atoms. The van der Waals surface area contributed by atoms with Crippen molar-refractivity contribution < 1.29 is 4.79 Å². The first-order chi connectivity index (χ1) is 9.52. The molecule has 104 valence electrons. The fourth-order valence-corrected chi connectivity index (χ4v) is 2.10. The van der Waals surface area contributed by atoms with Gasteiger partial charge in [-0.3, -0.25) is 9.59 Å². The summed E-state index contributed by atoms with van der Waals surface area (Å²) in [7, 11) is 0. The largest absolute Gasteiger partial charge is 0.354 e. The minimum atomic E-state index is -0.0598. The highest BCUT2D eigenvalue weighted by atomic mass is 16.1. The smallest absolute Gasteiger partial charge is 0.251 e. The Hall–Kier alpha value is -2.36. The fourth-order valence-electron chi connectivity index (χ4n) is 2.10. The monoisotopic (exact) mass is 270 g/mol. The van der Waals surface area contributed by atoms with Gasteiger partial charge in [0, 0.05) is 22.5 Å². The van der Waals surface area contributed by atoms with Crippen LogP contribution in [0.5, 0.6) is 0 Å². The summed E-state index contributed by atoms with van der Waals surface area (Å²) < 4.78 is 0. The molecule has 1 heterocycles. The molecule has 0 fully saturated rings. The number of rotatable bonds is 4. The summed E-state index contributed by atoms with van der Waals surface area (Å²) >= 11 is 0. The number of aromatic amines is 1. The second kappa shape index (κ2) is 5.74. The molecule has 0 unspecified atom stereocenters. The van der Waals surface area contributed by atoms with Crippen LogP contribution in [0.3, 0.4) is 0 Å². The number of para-hydroxylation sites is 1. The van der Waals surface area contributed by atoms with Crippen LogP contribution in [-0.2, 0) is 6.42 Å². The quantitative estimate of drug-likeness (QED) is 0.839. The van der Waals surface area contributed by atoms with Crippen molar-refractivity contribution in [1.82, 2.24) is 4.98 Å². The van der Waals surface area contributed by atoms with E-state index >= 15 is 0 Å². The molecule has 2 rings (SSSR count). The number of carbonyl (C=O) groups is 1. The molecule has 2 aromatic rings. The van der Waals surface area contributed by atoms with Crippen LogP contribution in [0, 0.1) is 6.92 Å². The van der Waals surface area contributed by atoms with Crippen LogP contribution in [0.15, 0.2) is 35.1 Å². The molecule has 0 saturated heterocycles. The molecular formula is C16H18N2O2. The van der Waals surface area contributed by atoms with Gasteiger partial charge in [-0.1, -0.05) is 19.1 Å². The Balaban J connectivity index is 2.45. The van der Waals surface area contributed by atoms with Crippen LogP contribution in [0.2, 0.25) is 0 Å². The molecule has 1 aromatic carbocycles. The maximum atomic E-state index is 11.7. The van der Waals surface area contributed by atoms with Crippen molar-refractivity contribution in [3.8, 4) is 0 Å². The normalized spacial score (nSPS) is 10.3. The van der Waals surface area contributed by atoms with Crippen molar-refractivity contribution in [2.75, 3.05) is 5.32 Å². The topological polar surface area (TPSA) is 62.0 Å². The fraction of sp³-hybridized carbons (Fsp3) is 0.250. The molecule has 0 saturated carbocycles. The second-order valence-corrected chi connectivity index (χ2v) is 4.74. The Bertz CT molecular complexity index is 702. The second-order valence-electron chi connectivity index (χ2n) is 4.74. The van der Waals surface area contributed by atoms with Crippen LogP contribution < -0.4 is 10.9 Å². The van der Waals surface area contributed by atoms with Gasteiger partial charge in [0.15, 0.2) is 5.78 Å². The zero-order valence-electron chi connectivity index (χ0n) is 11.9. The molecule has 1 aromatic heterocycles. The Kier molecular flexibility index (Phi) is 4.03. The molecule has 0 amide bonds. The first kappa shape index (κ1) is 14.1. The third-order valence-electron chi connectivity index (χ3n) is 3.27. The van der Waals surface area contributed by atoms with Gasteiger partial charge in [-0.15, -0.1) is 0 Å².